The lowest BCUT2D eigenvalue weighted by Gasteiger charge is -2.16. The van der Waals surface area contributed by atoms with Gasteiger partial charge in [-0.3, -0.25) is 10.1 Å². The van der Waals surface area contributed by atoms with Crippen molar-refractivity contribution in [2.45, 2.75) is 13.0 Å². The lowest BCUT2D eigenvalue weighted by Crippen LogP contribution is -2.45. The Morgan fingerprint density at radius 3 is 2.43 bits per heavy atom. The molecule has 7 nitrogen and oxygen atoms in total. The van der Waals surface area contributed by atoms with E-state index in [9.17, 15) is 14.4 Å². The number of hydrogen-bond donors (Lipinski definition) is 2. The van der Waals surface area contributed by atoms with Crippen molar-refractivity contribution in [3.05, 3.63) is 71.9 Å². The van der Waals surface area contributed by atoms with E-state index >= 15 is 0 Å². The van der Waals surface area contributed by atoms with Crippen LogP contribution in [0.25, 0.3) is 10.9 Å². The van der Waals surface area contributed by atoms with Crippen molar-refractivity contribution in [2.75, 3.05) is 13.3 Å². The van der Waals surface area contributed by atoms with Gasteiger partial charge in [-0.25, -0.2) is 9.59 Å². The van der Waals surface area contributed by atoms with Crippen LogP contribution in [0.4, 0.5) is 0 Å². The highest BCUT2D eigenvalue weighted by Crippen LogP contribution is 2.15. The minimum Gasteiger partial charge on any atom is -0.464 e. The molecular weight excluding hydrogens is 360 g/mol. The predicted octanol–water partition coefficient (Wildman–Crippen LogP) is 2.69. The number of fused-ring (bicyclic) bond motifs is 1. The van der Waals surface area contributed by atoms with E-state index in [1.807, 2.05) is 24.3 Å². The van der Waals surface area contributed by atoms with Gasteiger partial charge in [0.25, 0.3) is 0 Å². The van der Waals surface area contributed by atoms with Gasteiger partial charge in [-0.05, 0) is 19.1 Å². The first-order valence-electron chi connectivity index (χ1n) is 8.84. The normalized spacial score (nSPS) is 11.8. The molecule has 3 rings (SSSR count). The second kappa shape index (κ2) is 8.96. The van der Waals surface area contributed by atoms with Gasteiger partial charge in [-0.2, -0.15) is 0 Å². The Labute approximate surface area is 161 Å². The Kier molecular flexibility index (Phi) is 6.18. The molecule has 1 unspecified atom stereocenters. The lowest BCUT2D eigenvalue weighted by atomic mass is 10.0. The molecule has 7 heteroatoms. The van der Waals surface area contributed by atoms with Gasteiger partial charge < -0.3 is 14.5 Å². The van der Waals surface area contributed by atoms with Gasteiger partial charge in [0.15, 0.2) is 11.8 Å². The average molecular weight is 380 g/mol. The third-order valence-electron chi connectivity index (χ3n) is 4.08. The molecule has 0 amide bonds. The summed E-state index contributed by atoms with van der Waals surface area (Å²) in [6, 6.07) is 16.2. The van der Waals surface area contributed by atoms with E-state index in [-0.39, 0.29) is 19.0 Å². The number of ketones is 1. The van der Waals surface area contributed by atoms with Gasteiger partial charge in [-0.15, -0.1) is 0 Å². The van der Waals surface area contributed by atoms with Crippen molar-refractivity contribution in [3.63, 3.8) is 0 Å². The number of Topliss-reactive ketones (excluding diaryl/α,β-unsaturated/α-hetero) is 1. The van der Waals surface area contributed by atoms with Crippen LogP contribution in [0, 0.1) is 0 Å². The summed E-state index contributed by atoms with van der Waals surface area (Å²) in [4.78, 5) is 40.0. The first-order valence-corrected chi connectivity index (χ1v) is 8.84. The number of benzene rings is 2. The lowest BCUT2D eigenvalue weighted by molar-refractivity contribution is -0.144. The van der Waals surface area contributed by atoms with E-state index < -0.39 is 23.8 Å². The Balaban J connectivity index is 1.65. The third-order valence-corrected chi connectivity index (χ3v) is 4.08. The summed E-state index contributed by atoms with van der Waals surface area (Å²) in [6.45, 7) is 1.46. The standard InChI is InChI=1S/C21H20N2O5/c1-2-27-21(26)18(19(24)14-8-4-3-5-9-14)22-13-28-20(25)17-12-15-10-6-7-11-16(15)23-17/h3-12,18,22-23H,2,13H2,1H3. The number of H-pyrrole nitrogens is 1. The quantitative estimate of drug-likeness (QED) is 0.270. The Bertz CT molecular complexity index is 948. The number of aromatic amines is 1. The van der Waals surface area contributed by atoms with Crippen LogP contribution >= 0.6 is 0 Å². The van der Waals surface area contributed by atoms with E-state index in [1.165, 1.54) is 0 Å². The summed E-state index contributed by atoms with van der Waals surface area (Å²) < 4.78 is 10.1. The van der Waals surface area contributed by atoms with Gasteiger partial charge >= 0.3 is 11.9 Å². The summed E-state index contributed by atoms with van der Waals surface area (Å²) in [5, 5.41) is 3.54. The smallest absolute Gasteiger partial charge is 0.356 e. The zero-order valence-electron chi connectivity index (χ0n) is 15.3. The topological polar surface area (TPSA) is 97.5 Å². The van der Waals surface area contributed by atoms with Crippen molar-refractivity contribution in [1.29, 1.82) is 0 Å². The van der Waals surface area contributed by atoms with Crippen molar-refractivity contribution < 1.29 is 23.9 Å². The number of carbonyl (C=O) groups is 3. The van der Waals surface area contributed by atoms with Gasteiger partial charge in [0.2, 0.25) is 0 Å². The fourth-order valence-corrected chi connectivity index (χ4v) is 2.73. The van der Waals surface area contributed by atoms with E-state index in [0.29, 0.717) is 5.56 Å². The zero-order chi connectivity index (χ0) is 19.9. The van der Waals surface area contributed by atoms with Crippen LogP contribution in [0.1, 0.15) is 27.8 Å². The number of para-hydroxylation sites is 1. The van der Waals surface area contributed by atoms with Crippen molar-refractivity contribution in [1.82, 2.24) is 10.3 Å². The maximum Gasteiger partial charge on any atom is 0.356 e. The minimum atomic E-state index is -1.27. The number of ether oxygens (including phenoxy) is 2. The number of rotatable bonds is 8. The number of carbonyl (C=O) groups excluding carboxylic acids is 3. The molecule has 2 N–H and O–H groups in total. The molecular formula is C21H20N2O5. The SMILES string of the molecule is CCOC(=O)C(NCOC(=O)c1cc2ccccc2[nH]1)C(=O)c1ccccc1. The van der Waals surface area contributed by atoms with Crippen molar-refractivity contribution in [2.24, 2.45) is 0 Å². The van der Waals surface area contributed by atoms with Crippen LogP contribution in [0.5, 0.6) is 0 Å². The molecule has 3 aromatic rings. The van der Waals surface area contributed by atoms with Gasteiger partial charge in [-0.1, -0.05) is 48.5 Å². The highest BCUT2D eigenvalue weighted by atomic mass is 16.5. The largest absolute Gasteiger partial charge is 0.464 e. The van der Waals surface area contributed by atoms with Crippen LogP contribution < -0.4 is 5.32 Å². The molecule has 1 atom stereocenters. The summed E-state index contributed by atoms with van der Waals surface area (Å²) in [7, 11) is 0. The molecule has 0 radical (unpaired) electrons. The molecule has 2 aromatic carbocycles. The highest BCUT2D eigenvalue weighted by molar-refractivity contribution is 6.12. The van der Waals surface area contributed by atoms with E-state index in [1.54, 1.807) is 43.3 Å². The Morgan fingerprint density at radius 1 is 1.00 bits per heavy atom. The number of aromatic nitrogens is 1. The molecule has 1 aromatic heterocycles. The van der Waals surface area contributed by atoms with Crippen molar-refractivity contribution in [3.8, 4) is 0 Å². The monoisotopic (exact) mass is 380 g/mol. The molecule has 0 saturated heterocycles. The number of nitrogens with one attached hydrogen (secondary N) is 2. The maximum absolute atomic E-state index is 12.6. The van der Waals surface area contributed by atoms with Gasteiger partial charge in [0.1, 0.15) is 12.4 Å². The van der Waals surface area contributed by atoms with Crippen LogP contribution in [0.3, 0.4) is 0 Å². The Morgan fingerprint density at radius 2 is 1.71 bits per heavy atom. The summed E-state index contributed by atoms with van der Waals surface area (Å²) in [6.07, 6.45) is 0. The first kappa shape index (κ1) is 19.3. The Hall–Kier alpha value is -3.45. The van der Waals surface area contributed by atoms with Crippen molar-refractivity contribution >= 4 is 28.6 Å². The van der Waals surface area contributed by atoms with E-state index in [2.05, 4.69) is 10.3 Å². The van der Waals surface area contributed by atoms with Crippen LogP contribution in [-0.4, -0.2) is 42.1 Å². The maximum atomic E-state index is 12.6. The molecule has 0 spiro atoms. The molecule has 0 aliphatic carbocycles. The first-order chi connectivity index (χ1) is 13.6. The van der Waals surface area contributed by atoms with Crippen LogP contribution in [0.2, 0.25) is 0 Å². The second-order valence-electron chi connectivity index (χ2n) is 5.97. The minimum absolute atomic E-state index is 0.133. The van der Waals surface area contributed by atoms with Gasteiger partial charge in [0, 0.05) is 16.5 Å². The summed E-state index contributed by atoms with van der Waals surface area (Å²) >= 11 is 0. The fourth-order valence-electron chi connectivity index (χ4n) is 2.73. The van der Waals surface area contributed by atoms with Crippen LogP contribution in [0.15, 0.2) is 60.7 Å². The van der Waals surface area contributed by atoms with E-state index in [4.69, 9.17) is 9.47 Å². The summed E-state index contributed by atoms with van der Waals surface area (Å²) in [5.41, 5.74) is 1.45. The molecule has 28 heavy (non-hydrogen) atoms. The molecule has 0 saturated carbocycles. The van der Waals surface area contributed by atoms with E-state index in [0.717, 1.165) is 10.9 Å². The molecule has 0 aliphatic heterocycles. The third kappa shape index (κ3) is 4.44. The molecule has 1 heterocycles. The highest BCUT2D eigenvalue weighted by Gasteiger charge is 2.29. The van der Waals surface area contributed by atoms with Gasteiger partial charge in [0.05, 0.1) is 6.61 Å². The molecule has 0 bridgehead atoms. The zero-order valence-corrected chi connectivity index (χ0v) is 15.3. The van der Waals surface area contributed by atoms with Crippen LogP contribution in [-0.2, 0) is 14.3 Å². The number of hydrogen-bond acceptors (Lipinski definition) is 6. The fraction of sp³-hybridized carbons (Fsp3) is 0.190. The molecule has 0 fully saturated rings. The average Bonchev–Trinajstić information content (AvgIpc) is 3.16. The summed E-state index contributed by atoms with van der Waals surface area (Å²) in [5.74, 6) is -1.78. The predicted molar refractivity (Wildman–Crippen MR) is 103 cm³/mol. The second-order valence-corrected chi connectivity index (χ2v) is 5.97. The number of esters is 2. The molecule has 144 valence electrons. The molecule has 0 aliphatic rings.